The molecular weight excluding hydrogens is 426 g/mol. The molecule has 1 aromatic carbocycles. The molecule has 0 saturated heterocycles. The van der Waals surface area contributed by atoms with Gasteiger partial charge >= 0.3 is 5.97 Å². The second-order valence-electron chi connectivity index (χ2n) is 7.25. The van der Waals surface area contributed by atoms with Crippen molar-refractivity contribution in [2.45, 2.75) is 26.3 Å². The van der Waals surface area contributed by atoms with Crippen molar-refractivity contribution in [3.8, 4) is 5.75 Å². The maximum Gasteiger partial charge on any atom is 0.338 e. The van der Waals surface area contributed by atoms with Crippen molar-refractivity contribution in [1.82, 2.24) is 9.55 Å². The van der Waals surface area contributed by atoms with Gasteiger partial charge in [0.2, 0.25) is 0 Å². The predicted molar refractivity (Wildman–Crippen MR) is 122 cm³/mol. The number of carbonyl (C=O) groups is 1. The Morgan fingerprint density at radius 3 is 2.78 bits per heavy atom. The topological polar surface area (TPSA) is 82.8 Å². The molecule has 3 aromatic rings. The van der Waals surface area contributed by atoms with Crippen molar-refractivity contribution < 1.29 is 14.3 Å². The Labute approximate surface area is 189 Å². The van der Waals surface area contributed by atoms with Crippen LogP contribution < -0.4 is 19.6 Å². The highest BCUT2D eigenvalue weighted by Crippen LogP contribution is 2.35. The Hall–Kier alpha value is -3.52. The number of thiazole rings is 1. The quantitative estimate of drug-likeness (QED) is 0.540. The van der Waals surface area contributed by atoms with Crippen LogP contribution >= 0.6 is 11.3 Å². The molecule has 2 aromatic heterocycles. The number of para-hydroxylation sites is 1. The smallest absolute Gasteiger partial charge is 0.338 e. The average molecular weight is 450 g/mol. The van der Waals surface area contributed by atoms with Crippen LogP contribution in [0.2, 0.25) is 0 Å². The van der Waals surface area contributed by atoms with E-state index in [1.165, 1.54) is 18.4 Å². The number of carbonyl (C=O) groups excluding carboxylic acids is 1. The number of nitrogens with zero attached hydrogens (tertiary/aromatic N) is 3. The van der Waals surface area contributed by atoms with Gasteiger partial charge in [0.1, 0.15) is 11.8 Å². The zero-order chi connectivity index (χ0) is 22.7. The minimum absolute atomic E-state index is 0.234. The molecule has 1 atom stereocenters. The van der Waals surface area contributed by atoms with Crippen LogP contribution in [0.25, 0.3) is 6.08 Å². The van der Waals surface area contributed by atoms with Crippen LogP contribution in [0.1, 0.15) is 37.4 Å². The Morgan fingerprint density at radius 2 is 2.06 bits per heavy atom. The molecule has 0 bridgehead atoms. The van der Waals surface area contributed by atoms with Crippen LogP contribution in [0.3, 0.4) is 0 Å². The van der Waals surface area contributed by atoms with E-state index in [1.54, 1.807) is 30.0 Å². The van der Waals surface area contributed by atoms with Gasteiger partial charge in [-0.3, -0.25) is 14.3 Å². The maximum absolute atomic E-state index is 13.5. The monoisotopic (exact) mass is 449 g/mol. The number of esters is 1. The van der Waals surface area contributed by atoms with Crippen LogP contribution in [0.4, 0.5) is 0 Å². The van der Waals surface area contributed by atoms with Crippen LogP contribution in [-0.4, -0.2) is 29.2 Å². The summed E-state index contributed by atoms with van der Waals surface area (Å²) >= 11 is 1.28. The lowest BCUT2D eigenvalue weighted by Gasteiger charge is -2.26. The van der Waals surface area contributed by atoms with Crippen LogP contribution in [0, 0.1) is 0 Å². The minimum Gasteiger partial charge on any atom is -0.493 e. The third kappa shape index (κ3) is 4.01. The van der Waals surface area contributed by atoms with Crippen molar-refractivity contribution in [3.05, 3.63) is 90.9 Å². The van der Waals surface area contributed by atoms with Gasteiger partial charge in [-0.15, -0.1) is 0 Å². The Bertz CT molecular complexity index is 1360. The number of hydrogen-bond donors (Lipinski definition) is 0. The Balaban J connectivity index is 1.98. The van der Waals surface area contributed by atoms with Gasteiger partial charge in [-0.1, -0.05) is 42.5 Å². The molecule has 0 aliphatic carbocycles. The number of methoxy groups -OCH3 is 1. The molecule has 0 amide bonds. The lowest BCUT2D eigenvalue weighted by atomic mass is 9.95. The van der Waals surface area contributed by atoms with Gasteiger partial charge < -0.3 is 9.47 Å². The number of benzene rings is 1. The van der Waals surface area contributed by atoms with Crippen LogP contribution in [0.5, 0.6) is 5.75 Å². The molecule has 0 radical (unpaired) electrons. The van der Waals surface area contributed by atoms with E-state index in [9.17, 15) is 9.59 Å². The van der Waals surface area contributed by atoms with E-state index in [1.807, 2.05) is 43.3 Å². The van der Waals surface area contributed by atoms with Crippen molar-refractivity contribution in [1.29, 1.82) is 0 Å². The number of aromatic nitrogens is 2. The number of pyridine rings is 1. The van der Waals surface area contributed by atoms with E-state index in [-0.39, 0.29) is 5.56 Å². The SMILES string of the molecule is CCCOc1ccccc1[C@H]1C(C(=O)OC)=C(C)N=c2s/c(=C/c3cccnc3)c(=O)n21. The molecule has 0 saturated carbocycles. The number of ether oxygens (including phenoxy) is 2. The van der Waals surface area contributed by atoms with Crippen LogP contribution in [-0.2, 0) is 9.53 Å². The highest BCUT2D eigenvalue weighted by molar-refractivity contribution is 7.07. The summed E-state index contributed by atoms with van der Waals surface area (Å²) in [4.78, 5) is 35.5. The second-order valence-corrected chi connectivity index (χ2v) is 8.26. The van der Waals surface area contributed by atoms with Crippen molar-refractivity contribution in [2.75, 3.05) is 13.7 Å². The molecule has 0 fully saturated rings. The fraction of sp³-hybridized carbons (Fsp3) is 0.250. The first-order valence-electron chi connectivity index (χ1n) is 10.3. The Kier molecular flexibility index (Phi) is 6.32. The first-order valence-corrected chi connectivity index (χ1v) is 11.1. The molecule has 0 N–H and O–H groups in total. The van der Waals surface area contributed by atoms with Gasteiger partial charge in [0.05, 0.1) is 29.5 Å². The standard InChI is InChI=1S/C24H23N3O4S/c1-4-12-31-18-10-6-5-9-17(18)21-20(23(29)30-3)15(2)26-24-27(21)22(28)19(32-24)13-16-8-7-11-25-14-16/h5-11,13-14,21H,4,12H2,1-3H3/b19-13+/t21-/m0/s1. The van der Waals surface area contributed by atoms with E-state index in [4.69, 9.17) is 9.47 Å². The summed E-state index contributed by atoms with van der Waals surface area (Å²) in [6.07, 6.45) is 5.98. The molecule has 1 aliphatic heterocycles. The predicted octanol–water partition coefficient (Wildman–Crippen LogP) is 2.59. The summed E-state index contributed by atoms with van der Waals surface area (Å²) in [5, 5.41) is 0. The highest BCUT2D eigenvalue weighted by Gasteiger charge is 2.34. The van der Waals surface area contributed by atoms with Gasteiger partial charge in [-0.05, 0) is 37.1 Å². The molecule has 3 heterocycles. The summed E-state index contributed by atoms with van der Waals surface area (Å²) in [5.41, 5.74) is 2.12. The van der Waals surface area contributed by atoms with Crippen LogP contribution in [0.15, 0.2) is 69.8 Å². The summed E-state index contributed by atoms with van der Waals surface area (Å²) in [6.45, 7) is 4.30. The third-order valence-corrected chi connectivity index (χ3v) is 6.07. The molecular formula is C24H23N3O4S. The lowest BCUT2D eigenvalue weighted by Crippen LogP contribution is -2.40. The first kappa shape index (κ1) is 21.7. The largest absolute Gasteiger partial charge is 0.493 e. The van der Waals surface area contributed by atoms with E-state index in [0.717, 1.165) is 12.0 Å². The molecule has 1 aliphatic rings. The number of fused-ring (bicyclic) bond motifs is 1. The van der Waals surface area contributed by atoms with Crippen molar-refractivity contribution in [2.24, 2.45) is 4.99 Å². The van der Waals surface area contributed by atoms with E-state index < -0.39 is 12.0 Å². The first-order chi connectivity index (χ1) is 15.5. The van der Waals surface area contributed by atoms with E-state index in [0.29, 0.717) is 38.5 Å². The van der Waals surface area contributed by atoms with Gasteiger partial charge in [0, 0.05) is 18.0 Å². The number of allylic oxidation sites excluding steroid dienone is 1. The number of hydrogen-bond acceptors (Lipinski definition) is 7. The molecule has 8 heteroatoms. The zero-order valence-corrected chi connectivity index (χ0v) is 18.9. The second kappa shape index (κ2) is 9.32. The Morgan fingerprint density at radius 1 is 1.25 bits per heavy atom. The highest BCUT2D eigenvalue weighted by atomic mass is 32.1. The van der Waals surface area contributed by atoms with Crippen molar-refractivity contribution >= 4 is 23.4 Å². The van der Waals surface area contributed by atoms with Crippen molar-refractivity contribution in [3.63, 3.8) is 0 Å². The van der Waals surface area contributed by atoms with Gasteiger partial charge in [0.15, 0.2) is 4.80 Å². The summed E-state index contributed by atoms with van der Waals surface area (Å²) < 4.78 is 13.1. The number of rotatable bonds is 6. The summed E-state index contributed by atoms with van der Waals surface area (Å²) in [5.74, 6) is 0.0976. The molecule has 7 nitrogen and oxygen atoms in total. The fourth-order valence-corrected chi connectivity index (χ4v) is 4.70. The van der Waals surface area contributed by atoms with Gasteiger partial charge in [0.25, 0.3) is 5.56 Å². The minimum atomic E-state index is -0.706. The zero-order valence-electron chi connectivity index (χ0n) is 18.1. The summed E-state index contributed by atoms with van der Waals surface area (Å²) in [6, 6.07) is 10.4. The molecule has 164 valence electrons. The van der Waals surface area contributed by atoms with E-state index in [2.05, 4.69) is 9.98 Å². The molecule has 0 unspecified atom stereocenters. The normalized spacial score (nSPS) is 15.8. The van der Waals surface area contributed by atoms with E-state index >= 15 is 0 Å². The van der Waals surface area contributed by atoms with Gasteiger partial charge in [-0.25, -0.2) is 9.79 Å². The third-order valence-electron chi connectivity index (χ3n) is 5.08. The maximum atomic E-state index is 13.5. The fourth-order valence-electron chi connectivity index (χ4n) is 3.65. The molecule has 4 rings (SSSR count). The average Bonchev–Trinajstić information content (AvgIpc) is 3.11. The van der Waals surface area contributed by atoms with Gasteiger partial charge in [-0.2, -0.15) is 0 Å². The summed E-state index contributed by atoms with van der Waals surface area (Å²) in [7, 11) is 1.33. The molecule has 0 spiro atoms. The lowest BCUT2D eigenvalue weighted by molar-refractivity contribution is -0.136. The molecule has 32 heavy (non-hydrogen) atoms.